The highest BCUT2D eigenvalue weighted by atomic mass is 32.1. The zero-order chi connectivity index (χ0) is 22.6. The van der Waals surface area contributed by atoms with Gasteiger partial charge in [-0.2, -0.15) is 0 Å². The van der Waals surface area contributed by atoms with Crippen LogP contribution in [0.4, 0.5) is 11.6 Å². The second-order valence-corrected chi connectivity index (χ2v) is 9.26. The van der Waals surface area contributed by atoms with Crippen LogP contribution in [0, 0.1) is 6.92 Å². The van der Waals surface area contributed by atoms with Crippen LogP contribution in [0.5, 0.6) is 0 Å². The summed E-state index contributed by atoms with van der Waals surface area (Å²) in [6.07, 6.45) is 0. The molecule has 1 aliphatic rings. The van der Waals surface area contributed by atoms with Crippen molar-refractivity contribution in [2.24, 2.45) is 0 Å². The van der Waals surface area contributed by atoms with Gasteiger partial charge in [-0.05, 0) is 25.6 Å². The fourth-order valence-electron chi connectivity index (χ4n) is 3.99. The summed E-state index contributed by atoms with van der Waals surface area (Å²) in [4.78, 5) is 18.8. The first-order valence-electron chi connectivity index (χ1n) is 11.3. The van der Waals surface area contributed by atoms with Crippen LogP contribution in [0.3, 0.4) is 0 Å². The lowest BCUT2D eigenvalue weighted by Crippen LogP contribution is -2.44. The Labute approximate surface area is 199 Å². The van der Waals surface area contributed by atoms with Crippen molar-refractivity contribution in [3.8, 4) is 21.8 Å². The maximum absolute atomic E-state index is 4.86. The number of thiazole rings is 1. The number of benzene rings is 2. The maximum atomic E-state index is 4.86. The molecule has 0 saturated carbocycles. The highest BCUT2D eigenvalue weighted by Gasteiger charge is 2.16. The van der Waals surface area contributed by atoms with Crippen molar-refractivity contribution in [2.75, 3.05) is 43.4 Å². The summed E-state index contributed by atoms with van der Waals surface area (Å²) >= 11 is 1.68. The molecule has 7 heteroatoms. The van der Waals surface area contributed by atoms with Crippen LogP contribution in [-0.4, -0.2) is 53.1 Å². The van der Waals surface area contributed by atoms with Gasteiger partial charge in [-0.15, -0.1) is 11.3 Å². The minimum atomic E-state index is 0.698. The fraction of sp³-hybridized carbons (Fsp3) is 0.269. The number of aryl methyl sites for hydroxylation is 1. The Balaban J connectivity index is 1.29. The van der Waals surface area contributed by atoms with Crippen molar-refractivity contribution in [1.29, 1.82) is 0 Å². The Hall–Kier alpha value is -3.29. The zero-order valence-corrected chi connectivity index (χ0v) is 19.8. The highest BCUT2D eigenvalue weighted by molar-refractivity contribution is 7.13. The molecule has 0 unspecified atom stereocenters. The molecule has 1 saturated heterocycles. The van der Waals surface area contributed by atoms with Gasteiger partial charge < -0.3 is 15.1 Å². The lowest BCUT2D eigenvalue weighted by atomic mass is 10.1. The molecule has 33 heavy (non-hydrogen) atoms. The third-order valence-corrected chi connectivity index (χ3v) is 6.76. The lowest BCUT2D eigenvalue weighted by Gasteiger charge is -2.33. The van der Waals surface area contributed by atoms with Crippen LogP contribution in [0.1, 0.15) is 11.4 Å². The summed E-state index contributed by atoms with van der Waals surface area (Å²) in [6.45, 7) is 6.75. The number of nitrogens with zero attached hydrogens (tertiary/aromatic N) is 5. The van der Waals surface area contributed by atoms with Crippen molar-refractivity contribution in [2.45, 2.75) is 13.5 Å². The lowest BCUT2D eigenvalue weighted by molar-refractivity contribution is 0.312. The molecular formula is C26H28N6S. The number of rotatable bonds is 6. The number of anilines is 2. The molecule has 0 spiro atoms. The fourth-order valence-corrected chi connectivity index (χ4v) is 4.82. The SMILES string of the molecule is Cc1nc(NCc2cccc(-c3nc(-c4ccccc4)cs3)c2)cc(N2CCN(C)CC2)n1. The van der Waals surface area contributed by atoms with E-state index >= 15 is 0 Å². The number of hydrogen-bond acceptors (Lipinski definition) is 7. The predicted octanol–water partition coefficient (Wildman–Crippen LogP) is 4.94. The minimum absolute atomic E-state index is 0.698. The van der Waals surface area contributed by atoms with E-state index in [-0.39, 0.29) is 0 Å². The minimum Gasteiger partial charge on any atom is -0.366 e. The molecule has 0 aliphatic carbocycles. The molecule has 5 rings (SSSR count). The molecule has 1 aliphatic heterocycles. The Morgan fingerprint density at radius 2 is 1.67 bits per heavy atom. The molecule has 4 aromatic rings. The first kappa shape index (κ1) is 21.6. The van der Waals surface area contributed by atoms with Gasteiger partial charge in [-0.25, -0.2) is 15.0 Å². The molecule has 0 bridgehead atoms. The van der Waals surface area contributed by atoms with Crippen LogP contribution in [0.2, 0.25) is 0 Å². The molecule has 0 radical (unpaired) electrons. The Bertz CT molecular complexity index is 1210. The van der Waals surface area contributed by atoms with E-state index < -0.39 is 0 Å². The van der Waals surface area contributed by atoms with Gasteiger partial charge in [0.1, 0.15) is 22.5 Å². The quantitative estimate of drug-likeness (QED) is 0.444. The summed E-state index contributed by atoms with van der Waals surface area (Å²) in [5, 5.41) is 6.65. The molecule has 2 aromatic heterocycles. The van der Waals surface area contributed by atoms with Gasteiger partial charge in [0.15, 0.2) is 0 Å². The molecule has 0 amide bonds. The summed E-state index contributed by atoms with van der Waals surface area (Å²) in [6, 6.07) is 20.9. The number of nitrogens with one attached hydrogen (secondary N) is 1. The van der Waals surface area contributed by atoms with Crippen molar-refractivity contribution in [3.63, 3.8) is 0 Å². The Morgan fingerprint density at radius 3 is 2.48 bits per heavy atom. The van der Waals surface area contributed by atoms with Gasteiger partial charge in [0, 0.05) is 55.3 Å². The first-order chi connectivity index (χ1) is 16.1. The second-order valence-electron chi connectivity index (χ2n) is 8.41. The number of likely N-dealkylation sites (N-methyl/N-ethyl adjacent to an activating group) is 1. The van der Waals surface area contributed by atoms with E-state index in [1.54, 1.807) is 11.3 Å². The van der Waals surface area contributed by atoms with Crippen molar-refractivity contribution in [3.05, 3.63) is 77.4 Å². The standard InChI is InChI=1S/C26H28N6S/c1-19-28-24(16-25(29-19)32-13-11-31(2)12-14-32)27-17-20-7-6-10-22(15-20)26-30-23(18-33-26)21-8-4-3-5-9-21/h3-10,15-16,18H,11-14,17H2,1-2H3,(H,27,28,29). The van der Waals surface area contributed by atoms with E-state index in [0.29, 0.717) is 6.54 Å². The third-order valence-electron chi connectivity index (χ3n) is 5.87. The van der Waals surface area contributed by atoms with E-state index in [1.807, 2.05) is 25.1 Å². The zero-order valence-electron chi connectivity index (χ0n) is 19.0. The van der Waals surface area contributed by atoms with Gasteiger partial charge in [-0.3, -0.25) is 0 Å². The van der Waals surface area contributed by atoms with Crippen LogP contribution < -0.4 is 10.2 Å². The maximum Gasteiger partial charge on any atom is 0.134 e. The number of hydrogen-bond donors (Lipinski definition) is 1. The van der Waals surface area contributed by atoms with Gasteiger partial charge in [0.05, 0.1) is 5.69 Å². The normalized spacial score (nSPS) is 14.4. The highest BCUT2D eigenvalue weighted by Crippen LogP contribution is 2.29. The first-order valence-corrected chi connectivity index (χ1v) is 12.2. The predicted molar refractivity (Wildman–Crippen MR) is 137 cm³/mol. The van der Waals surface area contributed by atoms with Crippen LogP contribution in [0.15, 0.2) is 66.0 Å². The summed E-state index contributed by atoms with van der Waals surface area (Å²) < 4.78 is 0. The topological polar surface area (TPSA) is 57.2 Å². The van der Waals surface area contributed by atoms with E-state index in [9.17, 15) is 0 Å². The number of aromatic nitrogens is 3. The van der Waals surface area contributed by atoms with Gasteiger partial charge in [0.2, 0.25) is 0 Å². The molecular weight excluding hydrogens is 428 g/mol. The average Bonchev–Trinajstić information content (AvgIpc) is 3.34. The summed E-state index contributed by atoms with van der Waals surface area (Å²) in [5.74, 6) is 2.66. The monoisotopic (exact) mass is 456 g/mol. The Kier molecular flexibility index (Phi) is 6.32. The summed E-state index contributed by atoms with van der Waals surface area (Å²) in [5.41, 5.74) is 4.50. The molecule has 168 valence electrons. The molecule has 6 nitrogen and oxygen atoms in total. The molecule has 1 N–H and O–H groups in total. The van der Waals surface area contributed by atoms with Crippen molar-refractivity contribution in [1.82, 2.24) is 19.9 Å². The Morgan fingerprint density at radius 1 is 0.879 bits per heavy atom. The molecule has 0 atom stereocenters. The smallest absolute Gasteiger partial charge is 0.134 e. The molecule has 2 aromatic carbocycles. The van der Waals surface area contributed by atoms with E-state index in [4.69, 9.17) is 4.98 Å². The van der Waals surface area contributed by atoms with Gasteiger partial charge in [-0.1, -0.05) is 48.5 Å². The molecule has 3 heterocycles. The largest absolute Gasteiger partial charge is 0.366 e. The number of piperazine rings is 1. The van der Waals surface area contributed by atoms with Crippen LogP contribution in [0.25, 0.3) is 21.8 Å². The second kappa shape index (κ2) is 9.68. The van der Waals surface area contributed by atoms with E-state index in [0.717, 1.165) is 65.5 Å². The van der Waals surface area contributed by atoms with Gasteiger partial charge >= 0.3 is 0 Å². The average molecular weight is 457 g/mol. The van der Waals surface area contributed by atoms with Crippen LogP contribution >= 0.6 is 11.3 Å². The van der Waals surface area contributed by atoms with Gasteiger partial charge in [0.25, 0.3) is 0 Å². The van der Waals surface area contributed by atoms with Crippen molar-refractivity contribution < 1.29 is 0 Å². The van der Waals surface area contributed by atoms with E-state index in [1.165, 1.54) is 5.56 Å². The summed E-state index contributed by atoms with van der Waals surface area (Å²) in [7, 11) is 2.16. The van der Waals surface area contributed by atoms with Crippen LogP contribution in [-0.2, 0) is 6.54 Å². The van der Waals surface area contributed by atoms with Crippen molar-refractivity contribution >= 4 is 23.0 Å². The molecule has 1 fully saturated rings. The third kappa shape index (κ3) is 5.21. The van der Waals surface area contributed by atoms with E-state index in [2.05, 4.69) is 80.0 Å².